The van der Waals surface area contributed by atoms with Crippen LogP contribution in [0.1, 0.15) is 27.3 Å². The minimum absolute atomic E-state index is 0.0415. The Kier molecular flexibility index (Phi) is 4.22. The lowest BCUT2D eigenvalue weighted by molar-refractivity contribution is 0.0692. The zero-order valence-corrected chi connectivity index (χ0v) is 11.7. The van der Waals surface area contributed by atoms with E-state index < -0.39 is 12.0 Å². The first-order valence-corrected chi connectivity index (χ1v) is 6.34. The van der Waals surface area contributed by atoms with Gasteiger partial charge in [0.25, 0.3) is 0 Å². The molecule has 110 valence electrons. The SMILES string of the molecule is Cc1cc(NC(=O)NCc2cnccc2C)c(C(=O)O)[nH]1. The number of hydrogen-bond acceptors (Lipinski definition) is 3. The molecule has 4 N–H and O–H groups in total. The van der Waals surface area contributed by atoms with E-state index >= 15 is 0 Å². The summed E-state index contributed by atoms with van der Waals surface area (Å²) in [6, 6.07) is 2.95. The molecule has 0 aliphatic heterocycles. The summed E-state index contributed by atoms with van der Waals surface area (Å²) < 4.78 is 0. The monoisotopic (exact) mass is 288 g/mol. The number of carbonyl (C=O) groups is 2. The van der Waals surface area contributed by atoms with Gasteiger partial charge >= 0.3 is 12.0 Å². The van der Waals surface area contributed by atoms with Gasteiger partial charge < -0.3 is 20.7 Å². The fraction of sp³-hybridized carbons (Fsp3) is 0.214. The number of carbonyl (C=O) groups excluding carboxylic acids is 1. The van der Waals surface area contributed by atoms with Gasteiger partial charge in [-0.1, -0.05) is 0 Å². The summed E-state index contributed by atoms with van der Waals surface area (Å²) in [5, 5.41) is 14.2. The van der Waals surface area contributed by atoms with Gasteiger partial charge in [-0.15, -0.1) is 0 Å². The Morgan fingerprint density at radius 2 is 2.14 bits per heavy atom. The molecule has 7 heteroatoms. The Labute approximate surface area is 121 Å². The number of anilines is 1. The second-order valence-electron chi connectivity index (χ2n) is 4.66. The van der Waals surface area contributed by atoms with Crippen LogP contribution in [-0.2, 0) is 6.54 Å². The van der Waals surface area contributed by atoms with Crippen LogP contribution in [0.5, 0.6) is 0 Å². The molecule has 2 aromatic rings. The van der Waals surface area contributed by atoms with Crippen LogP contribution in [0.3, 0.4) is 0 Å². The highest BCUT2D eigenvalue weighted by atomic mass is 16.4. The Bertz CT molecular complexity index is 679. The minimum atomic E-state index is -1.12. The van der Waals surface area contributed by atoms with E-state index in [-0.39, 0.29) is 11.4 Å². The fourth-order valence-electron chi connectivity index (χ4n) is 1.88. The molecule has 0 aromatic carbocycles. The zero-order valence-electron chi connectivity index (χ0n) is 11.7. The van der Waals surface area contributed by atoms with Crippen LogP contribution in [0.25, 0.3) is 0 Å². The molecule has 0 radical (unpaired) electrons. The van der Waals surface area contributed by atoms with Gasteiger partial charge in [-0.05, 0) is 37.1 Å². The van der Waals surface area contributed by atoms with Gasteiger partial charge in [-0.25, -0.2) is 9.59 Å². The lowest BCUT2D eigenvalue weighted by Gasteiger charge is -2.08. The fourth-order valence-corrected chi connectivity index (χ4v) is 1.88. The molecule has 0 saturated heterocycles. The predicted molar refractivity (Wildman–Crippen MR) is 77.3 cm³/mol. The number of pyridine rings is 1. The van der Waals surface area contributed by atoms with E-state index in [1.807, 2.05) is 13.0 Å². The van der Waals surface area contributed by atoms with Crippen LogP contribution in [0.15, 0.2) is 24.5 Å². The predicted octanol–water partition coefficient (Wildman–Crippen LogP) is 2.05. The van der Waals surface area contributed by atoms with E-state index in [1.54, 1.807) is 25.4 Å². The number of hydrogen-bond donors (Lipinski definition) is 4. The van der Waals surface area contributed by atoms with Crippen LogP contribution in [0.4, 0.5) is 10.5 Å². The van der Waals surface area contributed by atoms with Crippen LogP contribution in [0.2, 0.25) is 0 Å². The third-order valence-electron chi connectivity index (χ3n) is 3.00. The number of aromatic nitrogens is 2. The Balaban J connectivity index is 1.99. The number of aromatic carboxylic acids is 1. The molecule has 21 heavy (non-hydrogen) atoms. The number of nitrogens with zero attached hydrogens (tertiary/aromatic N) is 1. The molecule has 0 aliphatic carbocycles. The Hall–Kier alpha value is -2.83. The van der Waals surface area contributed by atoms with Crippen LogP contribution in [-0.4, -0.2) is 27.1 Å². The van der Waals surface area contributed by atoms with Crippen LogP contribution in [0, 0.1) is 13.8 Å². The van der Waals surface area contributed by atoms with Crippen molar-refractivity contribution in [1.82, 2.24) is 15.3 Å². The van der Waals surface area contributed by atoms with Gasteiger partial charge in [0, 0.05) is 24.6 Å². The van der Waals surface area contributed by atoms with E-state index in [4.69, 9.17) is 5.11 Å². The first-order valence-electron chi connectivity index (χ1n) is 6.34. The number of aryl methyl sites for hydroxylation is 2. The van der Waals surface area contributed by atoms with Crippen molar-refractivity contribution >= 4 is 17.7 Å². The topological polar surface area (TPSA) is 107 Å². The number of amides is 2. The Morgan fingerprint density at radius 1 is 1.38 bits per heavy atom. The molecule has 7 nitrogen and oxygen atoms in total. The zero-order chi connectivity index (χ0) is 15.4. The molecular formula is C14H16N4O3. The normalized spacial score (nSPS) is 10.2. The van der Waals surface area contributed by atoms with Gasteiger partial charge in [0.15, 0.2) is 0 Å². The van der Waals surface area contributed by atoms with E-state index in [0.717, 1.165) is 11.1 Å². The lowest BCUT2D eigenvalue weighted by Crippen LogP contribution is -2.29. The highest BCUT2D eigenvalue weighted by Crippen LogP contribution is 2.16. The van der Waals surface area contributed by atoms with E-state index in [2.05, 4.69) is 20.6 Å². The number of carboxylic acid groups (broad SMARTS) is 1. The van der Waals surface area contributed by atoms with Crippen LogP contribution >= 0.6 is 0 Å². The number of H-pyrrole nitrogens is 1. The summed E-state index contributed by atoms with van der Waals surface area (Å²) in [6.07, 6.45) is 3.36. The van der Waals surface area contributed by atoms with Crippen molar-refractivity contribution in [1.29, 1.82) is 0 Å². The smallest absolute Gasteiger partial charge is 0.354 e. The molecule has 2 rings (SSSR count). The molecular weight excluding hydrogens is 272 g/mol. The summed E-state index contributed by atoms with van der Waals surface area (Å²) in [6.45, 7) is 3.96. The van der Waals surface area contributed by atoms with E-state index in [9.17, 15) is 9.59 Å². The van der Waals surface area contributed by atoms with E-state index in [1.165, 1.54) is 0 Å². The molecule has 2 heterocycles. The number of urea groups is 1. The second kappa shape index (κ2) is 6.08. The van der Waals surface area contributed by atoms with Crippen molar-refractivity contribution in [3.05, 3.63) is 47.0 Å². The van der Waals surface area contributed by atoms with Crippen molar-refractivity contribution in [2.45, 2.75) is 20.4 Å². The van der Waals surface area contributed by atoms with Crippen molar-refractivity contribution in [3.8, 4) is 0 Å². The summed E-state index contributed by atoms with van der Waals surface area (Å²) in [5.41, 5.74) is 2.77. The molecule has 0 bridgehead atoms. The molecule has 2 aromatic heterocycles. The first-order chi connectivity index (χ1) is 9.97. The number of nitrogens with one attached hydrogen (secondary N) is 3. The minimum Gasteiger partial charge on any atom is -0.477 e. The highest BCUT2D eigenvalue weighted by molar-refractivity contribution is 5.99. The highest BCUT2D eigenvalue weighted by Gasteiger charge is 2.15. The van der Waals surface area contributed by atoms with Gasteiger partial charge in [0.05, 0.1) is 5.69 Å². The van der Waals surface area contributed by atoms with Crippen LogP contribution < -0.4 is 10.6 Å². The van der Waals surface area contributed by atoms with Crippen molar-refractivity contribution in [3.63, 3.8) is 0 Å². The van der Waals surface area contributed by atoms with E-state index in [0.29, 0.717) is 12.2 Å². The molecule has 0 unspecified atom stereocenters. The molecule has 0 aliphatic rings. The molecule has 2 amide bonds. The second-order valence-corrected chi connectivity index (χ2v) is 4.66. The maximum Gasteiger partial charge on any atom is 0.354 e. The number of rotatable bonds is 4. The summed E-state index contributed by atoms with van der Waals surface area (Å²) in [4.78, 5) is 29.5. The summed E-state index contributed by atoms with van der Waals surface area (Å²) >= 11 is 0. The summed E-state index contributed by atoms with van der Waals surface area (Å²) in [5.74, 6) is -1.12. The molecule has 0 atom stereocenters. The number of aromatic amines is 1. The van der Waals surface area contributed by atoms with Crippen molar-refractivity contribution in [2.24, 2.45) is 0 Å². The first kappa shape index (κ1) is 14.6. The molecule has 0 saturated carbocycles. The largest absolute Gasteiger partial charge is 0.477 e. The van der Waals surface area contributed by atoms with Gasteiger partial charge in [0.2, 0.25) is 0 Å². The van der Waals surface area contributed by atoms with Gasteiger partial charge in [-0.3, -0.25) is 4.98 Å². The lowest BCUT2D eigenvalue weighted by atomic mass is 10.2. The summed E-state index contributed by atoms with van der Waals surface area (Å²) in [7, 11) is 0. The third-order valence-corrected chi connectivity index (χ3v) is 3.00. The average molecular weight is 288 g/mol. The van der Waals surface area contributed by atoms with Gasteiger partial charge in [-0.2, -0.15) is 0 Å². The maximum absolute atomic E-state index is 11.8. The quantitative estimate of drug-likeness (QED) is 0.690. The Morgan fingerprint density at radius 3 is 2.81 bits per heavy atom. The number of carboxylic acids is 1. The standard InChI is InChI=1S/C14H16N4O3/c1-8-3-4-15-6-10(8)7-16-14(21)18-11-5-9(2)17-12(11)13(19)20/h3-6,17H,7H2,1-2H3,(H,19,20)(H2,16,18,21). The molecule has 0 spiro atoms. The third kappa shape index (κ3) is 3.59. The maximum atomic E-state index is 11.8. The molecule has 0 fully saturated rings. The van der Waals surface area contributed by atoms with Gasteiger partial charge in [0.1, 0.15) is 5.69 Å². The average Bonchev–Trinajstić information content (AvgIpc) is 2.79. The van der Waals surface area contributed by atoms with Crippen molar-refractivity contribution in [2.75, 3.05) is 5.32 Å². The van der Waals surface area contributed by atoms with Crippen molar-refractivity contribution < 1.29 is 14.7 Å².